The fourth-order valence-electron chi connectivity index (χ4n) is 2.58. The Kier molecular flexibility index (Phi) is 4.90. The number of nitrogens with zero attached hydrogens (tertiary/aromatic N) is 2. The quantitative estimate of drug-likeness (QED) is 0.709. The molecule has 0 spiro atoms. The number of carbonyl (C=O) groups is 1. The number of amides is 1. The van der Waals surface area contributed by atoms with E-state index in [0.717, 1.165) is 6.07 Å². The SMILES string of the molecule is Cc1nc2cc(F)cc(C(=O)NCc3cccc(S(N)(=O)=O)c3)c2nc1C. The summed E-state index contributed by atoms with van der Waals surface area (Å²) in [5, 5.41) is 7.74. The molecule has 2 aromatic carbocycles. The van der Waals surface area contributed by atoms with Gasteiger partial charge in [0.2, 0.25) is 10.0 Å². The fourth-order valence-corrected chi connectivity index (χ4v) is 3.16. The van der Waals surface area contributed by atoms with Crippen LogP contribution in [0.15, 0.2) is 41.3 Å². The van der Waals surface area contributed by atoms with E-state index >= 15 is 0 Å². The number of rotatable bonds is 4. The van der Waals surface area contributed by atoms with E-state index in [4.69, 9.17) is 5.14 Å². The highest BCUT2D eigenvalue weighted by molar-refractivity contribution is 7.89. The van der Waals surface area contributed by atoms with Gasteiger partial charge in [-0.2, -0.15) is 0 Å². The van der Waals surface area contributed by atoms with Gasteiger partial charge >= 0.3 is 0 Å². The Morgan fingerprint density at radius 2 is 1.85 bits per heavy atom. The third-order valence-electron chi connectivity index (χ3n) is 4.07. The predicted octanol–water partition coefficient (Wildman–Crippen LogP) is 1.96. The van der Waals surface area contributed by atoms with E-state index in [0.29, 0.717) is 28.0 Å². The number of nitrogens with one attached hydrogen (secondary N) is 1. The molecule has 0 unspecified atom stereocenters. The summed E-state index contributed by atoms with van der Waals surface area (Å²) in [4.78, 5) is 21.1. The van der Waals surface area contributed by atoms with Crippen molar-refractivity contribution in [1.82, 2.24) is 15.3 Å². The molecular weight excluding hydrogens is 371 g/mol. The van der Waals surface area contributed by atoms with Crippen molar-refractivity contribution in [1.29, 1.82) is 0 Å². The topological polar surface area (TPSA) is 115 Å². The molecule has 3 rings (SSSR count). The highest BCUT2D eigenvalue weighted by atomic mass is 32.2. The van der Waals surface area contributed by atoms with Crippen LogP contribution in [0.3, 0.4) is 0 Å². The molecule has 0 aliphatic carbocycles. The van der Waals surface area contributed by atoms with Crippen LogP contribution in [0, 0.1) is 19.7 Å². The molecule has 0 fully saturated rings. The Bertz CT molecular complexity index is 1160. The first-order chi connectivity index (χ1) is 12.6. The standard InChI is InChI=1S/C18H17FN4O3S/c1-10-11(2)23-17-15(7-13(19)8-16(17)22-10)18(24)21-9-12-4-3-5-14(6-12)27(20,25)26/h3-8H,9H2,1-2H3,(H,21,24)(H2,20,25,26). The molecule has 0 aliphatic heterocycles. The molecule has 1 heterocycles. The van der Waals surface area contributed by atoms with Gasteiger partial charge in [0.05, 0.1) is 27.4 Å². The second kappa shape index (κ2) is 7.01. The minimum Gasteiger partial charge on any atom is -0.348 e. The third kappa shape index (κ3) is 4.09. The van der Waals surface area contributed by atoms with Gasteiger partial charge < -0.3 is 5.32 Å². The number of carbonyl (C=O) groups excluding carboxylic acids is 1. The van der Waals surface area contributed by atoms with Crippen molar-refractivity contribution >= 4 is 27.0 Å². The van der Waals surface area contributed by atoms with Crippen LogP contribution >= 0.6 is 0 Å². The maximum Gasteiger partial charge on any atom is 0.253 e. The van der Waals surface area contributed by atoms with E-state index < -0.39 is 21.7 Å². The number of nitrogens with two attached hydrogens (primary N) is 1. The van der Waals surface area contributed by atoms with Gasteiger partial charge in [-0.05, 0) is 37.6 Å². The van der Waals surface area contributed by atoms with Crippen LogP contribution < -0.4 is 10.5 Å². The lowest BCUT2D eigenvalue weighted by molar-refractivity contribution is 0.0952. The van der Waals surface area contributed by atoms with Gasteiger partial charge in [0.25, 0.3) is 5.91 Å². The first-order valence-electron chi connectivity index (χ1n) is 7.99. The van der Waals surface area contributed by atoms with Gasteiger partial charge in [-0.3, -0.25) is 4.79 Å². The summed E-state index contributed by atoms with van der Waals surface area (Å²) in [6, 6.07) is 8.22. The number of aromatic nitrogens is 2. The van der Waals surface area contributed by atoms with Crippen molar-refractivity contribution in [3.05, 3.63) is 64.7 Å². The molecule has 0 radical (unpaired) electrons. The Labute approximate surface area is 155 Å². The molecule has 0 saturated carbocycles. The summed E-state index contributed by atoms with van der Waals surface area (Å²) in [6.45, 7) is 3.55. The lowest BCUT2D eigenvalue weighted by Gasteiger charge is -2.10. The third-order valence-corrected chi connectivity index (χ3v) is 4.98. The van der Waals surface area contributed by atoms with Gasteiger partial charge in [0, 0.05) is 12.6 Å². The normalized spacial score (nSPS) is 11.6. The number of sulfonamides is 1. The van der Waals surface area contributed by atoms with Gasteiger partial charge in [-0.15, -0.1) is 0 Å². The lowest BCUT2D eigenvalue weighted by Crippen LogP contribution is -2.24. The van der Waals surface area contributed by atoms with Crippen LogP contribution in [-0.4, -0.2) is 24.3 Å². The zero-order chi connectivity index (χ0) is 19.8. The van der Waals surface area contributed by atoms with Crippen LogP contribution in [0.25, 0.3) is 11.0 Å². The zero-order valence-corrected chi connectivity index (χ0v) is 15.5. The van der Waals surface area contributed by atoms with Crippen LogP contribution in [0.1, 0.15) is 27.3 Å². The van der Waals surface area contributed by atoms with E-state index in [-0.39, 0.29) is 17.0 Å². The van der Waals surface area contributed by atoms with E-state index in [1.807, 2.05) is 0 Å². The summed E-state index contributed by atoms with van der Waals surface area (Å²) < 4.78 is 36.8. The summed E-state index contributed by atoms with van der Waals surface area (Å²) in [5.74, 6) is -1.14. The van der Waals surface area contributed by atoms with Crippen molar-refractivity contribution in [2.75, 3.05) is 0 Å². The fraction of sp³-hybridized carbons (Fsp3) is 0.167. The lowest BCUT2D eigenvalue weighted by atomic mass is 10.1. The molecule has 0 aliphatic rings. The van der Waals surface area contributed by atoms with E-state index in [1.165, 1.54) is 24.3 Å². The Morgan fingerprint density at radius 1 is 1.15 bits per heavy atom. The number of primary sulfonamides is 1. The molecular formula is C18H17FN4O3S. The molecule has 0 saturated heterocycles. The molecule has 0 atom stereocenters. The maximum absolute atomic E-state index is 13.9. The predicted molar refractivity (Wildman–Crippen MR) is 98.0 cm³/mol. The van der Waals surface area contributed by atoms with Gasteiger partial charge in [-0.1, -0.05) is 12.1 Å². The molecule has 1 aromatic heterocycles. The van der Waals surface area contributed by atoms with Gasteiger partial charge in [0.1, 0.15) is 11.3 Å². The second-order valence-electron chi connectivity index (χ2n) is 6.09. The molecule has 27 heavy (non-hydrogen) atoms. The summed E-state index contributed by atoms with van der Waals surface area (Å²) in [6.07, 6.45) is 0. The molecule has 1 amide bonds. The van der Waals surface area contributed by atoms with Crippen molar-refractivity contribution < 1.29 is 17.6 Å². The number of aryl methyl sites for hydroxylation is 2. The molecule has 140 valence electrons. The van der Waals surface area contributed by atoms with E-state index in [2.05, 4.69) is 15.3 Å². The summed E-state index contributed by atoms with van der Waals surface area (Å²) in [7, 11) is -3.84. The van der Waals surface area contributed by atoms with Gasteiger partial charge in [0.15, 0.2) is 0 Å². The monoisotopic (exact) mass is 388 g/mol. The smallest absolute Gasteiger partial charge is 0.253 e. The second-order valence-corrected chi connectivity index (χ2v) is 7.65. The molecule has 3 aromatic rings. The Balaban J connectivity index is 1.90. The number of hydrogen-bond donors (Lipinski definition) is 2. The maximum atomic E-state index is 13.9. The molecule has 7 nitrogen and oxygen atoms in total. The van der Waals surface area contributed by atoms with Crippen molar-refractivity contribution in [3.63, 3.8) is 0 Å². The highest BCUT2D eigenvalue weighted by Gasteiger charge is 2.16. The number of benzene rings is 2. The van der Waals surface area contributed by atoms with Crippen molar-refractivity contribution in [3.8, 4) is 0 Å². The average Bonchev–Trinajstić information content (AvgIpc) is 2.60. The minimum absolute atomic E-state index is 0.0402. The zero-order valence-electron chi connectivity index (χ0n) is 14.7. The Hall–Kier alpha value is -2.91. The van der Waals surface area contributed by atoms with Crippen molar-refractivity contribution in [2.45, 2.75) is 25.3 Å². The van der Waals surface area contributed by atoms with Gasteiger partial charge in [-0.25, -0.2) is 27.9 Å². The first-order valence-corrected chi connectivity index (χ1v) is 9.54. The minimum atomic E-state index is -3.84. The summed E-state index contributed by atoms with van der Waals surface area (Å²) >= 11 is 0. The number of fused-ring (bicyclic) bond motifs is 1. The highest BCUT2D eigenvalue weighted by Crippen LogP contribution is 2.19. The van der Waals surface area contributed by atoms with Crippen LogP contribution in [0.5, 0.6) is 0 Å². The average molecular weight is 388 g/mol. The largest absolute Gasteiger partial charge is 0.348 e. The molecule has 3 N–H and O–H groups in total. The molecule has 9 heteroatoms. The van der Waals surface area contributed by atoms with E-state index in [1.54, 1.807) is 19.9 Å². The van der Waals surface area contributed by atoms with Crippen molar-refractivity contribution in [2.24, 2.45) is 5.14 Å². The summed E-state index contributed by atoms with van der Waals surface area (Å²) in [5.41, 5.74) is 2.48. The Morgan fingerprint density at radius 3 is 2.56 bits per heavy atom. The van der Waals surface area contributed by atoms with E-state index in [9.17, 15) is 17.6 Å². The number of hydrogen-bond acceptors (Lipinski definition) is 5. The molecule has 0 bridgehead atoms. The first kappa shape index (κ1) is 18.9. The number of halogens is 1. The van der Waals surface area contributed by atoms with Crippen LogP contribution in [-0.2, 0) is 16.6 Å². The van der Waals surface area contributed by atoms with Crippen LogP contribution in [0.2, 0.25) is 0 Å². The van der Waals surface area contributed by atoms with Crippen LogP contribution in [0.4, 0.5) is 4.39 Å².